The molecule has 0 heterocycles. The normalized spacial score (nSPS) is 16.8. The highest BCUT2D eigenvalue weighted by Crippen LogP contribution is 2.33. The molecule has 0 radical (unpaired) electrons. The molecule has 0 saturated carbocycles. The van der Waals surface area contributed by atoms with Crippen molar-refractivity contribution < 1.29 is 0 Å². The van der Waals surface area contributed by atoms with Gasteiger partial charge < -0.3 is 10.2 Å². The fraction of sp³-hybridized carbons (Fsp3) is 0.333. The van der Waals surface area contributed by atoms with Gasteiger partial charge in [0.2, 0.25) is 0 Å². The zero-order chi connectivity index (χ0) is 14.8. The summed E-state index contributed by atoms with van der Waals surface area (Å²) in [5.41, 5.74) is 5.52. The molecule has 1 aliphatic carbocycles. The second-order valence-electron chi connectivity index (χ2n) is 5.88. The number of fused-ring (bicyclic) bond motifs is 1. The van der Waals surface area contributed by atoms with Crippen LogP contribution in [0, 0.1) is 0 Å². The molecule has 0 aromatic heterocycles. The van der Waals surface area contributed by atoms with E-state index in [1.807, 2.05) is 0 Å². The van der Waals surface area contributed by atoms with E-state index in [9.17, 15) is 0 Å². The number of benzene rings is 2. The summed E-state index contributed by atoms with van der Waals surface area (Å²) in [6.07, 6.45) is 2.37. The van der Waals surface area contributed by atoms with Gasteiger partial charge in [-0.2, -0.15) is 0 Å². The second kappa shape index (κ2) is 6.20. The summed E-state index contributed by atoms with van der Waals surface area (Å²) in [6.45, 7) is 0.924. The van der Waals surface area contributed by atoms with Crippen molar-refractivity contribution in [2.75, 3.05) is 19.0 Å². The zero-order valence-electron chi connectivity index (χ0n) is 12.6. The fourth-order valence-corrected chi connectivity index (χ4v) is 3.36. The molecule has 2 aromatic carbocycles. The number of nitrogens with zero attached hydrogens (tertiary/aromatic N) is 1. The van der Waals surface area contributed by atoms with Gasteiger partial charge in [0.05, 0.1) is 0 Å². The Bertz CT molecular complexity index is 620. The standard InChI is InChI=1S/C18H21BrN2/c1-21(2)16-7-3-13(4-8-16)12-20-18-10-5-14-11-15(19)6-9-17(14)18/h3-4,6-9,11,18,20H,5,10,12H2,1-2H3. The van der Waals surface area contributed by atoms with Crippen molar-refractivity contribution in [3.05, 3.63) is 63.6 Å². The van der Waals surface area contributed by atoms with Gasteiger partial charge in [-0.15, -0.1) is 0 Å². The molecular weight excluding hydrogens is 324 g/mol. The molecule has 1 N–H and O–H groups in total. The first kappa shape index (κ1) is 14.6. The van der Waals surface area contributed by atoms with Gasteiger partial charge in [0.25, 0.3) is 0 Å². The summed E-state index contributed by atoms with van der Waals surface area (Å²) in [4.78, 5) is 2.13. The highest BCUT2D eigenvalue weighted by molar-refractivity contribution is 9.10. The monoisotopic (exact) mass is 344 g/mol. The summed E-state index contributed by atoms with van der Waals surface area (Å²) in [5, 5.41) is 3.69. The fourth-order valence-electron chi connectivity index (χ4n) is 2.95. The molecule has 0 spiro atoms. The molecule has 0 bridgehead atoms. The molecule has 0 fully saturated rings. The molecule has 0 aliphatic heterocycles. The molecule has 1 aliphatic rings. The molecular formula is C18H21BrN2. The average molecular weight is 345 g/mol. The first-order valence-corrected chi connectivity index (χ1v) is 8.21. The van der Waals surface area contributed by atoms with Crippen LogP contribution in [0.1, 0.15) is 29.2 Å². The number of hydrogen-bond acceptors (Lipinski definition) is 2. The van der Waals surface area contributed by atoms with Crippen molar-refractivity contribution in [3.8, 4) is 0 Å². The van der Waals surface area contributed by atoms with Crippen molar-refractivity contribution in [3.63, 3.8) is 0 Å². The summed E-state index contributed by atoms with van der Waals surface area (Å²) in [6, 6.07) is 15.9. The van der Waals surface area contributed by atoms with Crippen LogP contribution in [-0.2, 0) is 13.0 Å². The van der Waals surface area contributed by atoms with Crippen molar-refractivity contribution in [1.82, 2.24) is 5.32 Å². The maximum Gasteiger partial charge on any atom is 0.0361 e. The SMILES string of the molecule is CN(C)c1ccc(CNC2CCc3cc(Br)ccc32)cc1. The van der Waals surface area contributed by atoms with E-state index in [-0.39, 0.29) is 0 Å². The minimum atomic E-state index is 0.488. The maximum atomic E-state index is 3.69. The lowest BCUT2D eigenvalue weighted by Gasteiger charge is -2.16. The summed E-state index contributed by atoms with van der Waals surface area (Å²) < 4.78 is 1.18. The third-order valence-electron chi connectivity index (χ3n) is 4.19. The van der Waals surface area contributed by atoms with Crippen molar-refractivity contribution in [1.29, 1.82) is 0 Å². The molecule has 1 atom stereocenters. The molecule has 0 saturated heterocycles. The summed E-state index contributed by atoms with van der Waals surface area (Å²) in [5.74, 6) is 0. The minimum Gasteiger partial charge on any atom is -0.378 e. The van der Waals surface area contributed by atoms with Crippen LogP contribution < -0.4 is 10.2 Å². The number of hydrogen-bond donors (Lipinski definition) is 1. The largest absolute Gasteiger partial charge is 0.378 e. The van der Waals surface area contributed by atoms with Crippen LogP contribution in [0.4, 0.5) is 5.69 Å². The predicted molar refractivity (Wildman–Crippen MR) is 92.8 cm³/mol. The van der Waals surface area contributed by atoms with Gasteiger partial charge in [-0.3, -0.25) is 0 Å². The number of halogens is 1. The highest BCUT2D eigenvalue weighted by atomic mass is 79.9. The van der Waals surface area contributed by atoms with Crippen LogP contribution in [0.15, 0.2) is 46.9 Å². The smallest absolute Gasteiger partial charge is 0.0361 e. The second-order valence-corrected chi connectivity index (χ2v) is 6.79. The Morgan fingerprint density at radius 2 is 1.90 bits per heavy atom. The molecule has 2 nitrogen and oxygen atoms in total. The average Bonchev–Trinajstić information content (AvgIpc) is 2.87. The molecule has 3 heteroatoms. The third kappa shape index (κ3) is 3.30. The van der Waals surface area contributed by atoms with E-state index < -0.39 is 0 Å². The predicted octanol–water partition coefficient (Wildman–Crippen LogP) is 4.29. The minimum absolute atomic E-state index is 0.488. The van der Waals surface area contributed by atoms with E-state index >= 15 is 0 Å². The Kier molecular flexibility index (Phi) is 4.32. The zero-order valence-corrected chi connectivity index (χ0v) is 14.2. The van der Waals surface area contributed by atoms with Crippen LogP contribution in [0.3, 0.4) is 0 Å². The van der Waals surface area contributed by atoms with Crippen LogP contribution in [-0.4, -0.2) is 14.1 Å². The van der Waals surface area contributed by atoms with Gasteiger partial charge in [0, 0.05) is 36.8 Å². The Morgan fingerprint density at radius 1 is 1.14 bits per heavy atom. The maximum absolute atomic E-state index is 3.69. The van der Waals surface area contributed by atoms with Crippen molar-refractivity contribution in [2.45, 2.75) is 25.4 Å². The Hall–Kier alpha value is -1.32. The van der Waals surface area contributed by atoms with E-state index in [1.165, 1.54) is 39.7 Å². The number of nitrogens with one attached hydrogen (secondary N) is 1. The Balaban J connectivity index is 1.64. The quantitative estimate of drug-likeness (QED) is 0.889. The van der Waals surface area contributed by atoms with Crippen molar-refractivity contribution in [2.24, 2.45) is 0 Å². The van der Waals surface area contributed by atoms with Crippen LogP contribution >= 0.6 is 15.9 Å². The van der Waals surface area contributed by atoms with Crippen molar-refractivity contribution >= 4 is 21.6 Å². The van der Waals surface area contributed by atoms with E-state index in [1.54, 1.807) is 0 Å². The number of rotatable bonds is 4. The van der Waals surface area contributed by atoms with E-state index in [0.717, 1.165) is 6.54 Å². The Morgan fingerprint density at radius 3 is 2.62 bits per heavy atom. The van der Waals surface area contributed by atoms with Gasteiger partial charge in [-0.25, -0.2) is 0 Å². The lowest BCUT2D eigenvalue weighted by atomic mass is 10.1. The van der Waals surface area contributed by atoms with Gasteiger partial charge >= 0.3 is 0 Å². The van der Waals surface area contributed by atoms with E-state index in [2.05, 4.69) is 82.7 Å². The van der Waals surface area contributed by atoms with Gasteiger partial charge in [0.15, 0.2) is 0 Å². The molecule has 21 heavy (non-hydrogen) atoms. The van der Waals surface area contributed by atoms with Crippen LogP contribution in [0.25, 0.3) is 0 Å². The van der Waals surface area contributed by atoms with Gasteiger partial charge in [-0.1, -0.05) is 34.1 Å². The van der Waals surface area contributed by atoms with Crippen LogP contribution in [0.5, 0.6) is 0 Å². The molecule has 0 amide bonds. The van der Waals surface area contributed by atoms with Gasteiger partial charge in [-0.05, 0) is 53.8 Å². The molecule has 2 aromatic rings. The number of aryl methyl sites for hydroxylation is 1. The summed E-state index contributed by atoms with van der Waals surface area (Å²) in [7, 11) is 4.14. The highest BCUT2D eigenvalue weighted by Gasteiger charge is 2.21. The van der Waals surface area contributed by atoms with E-state index in [0.29, 0.717) is 6.04 Å². The molecule has 1 unspecified atom stereocenters. The van der Waals surface area contributed by atoms with Gasteiger partial charge in [0.1, 0.15) is 0 Å². The molecule has 110 valence electrons. The first-order valence-electron chi connectivity index (χ1n) is 7.41. The van der Waals surface area contributed by atoms with Crippen LogP contribution in [0.2, 0.25) is 0 Å². The Labute approximate surface area is 135 Å². The summed E-state index contributed by atoms with van der Waals surface area (Å²) >= 11 is 3.55. The topological polar surface area (TPSA) is 15.3 Å². The third-order valence-corrected chi connectivity index (χ3v) is 4.68. The first-order chi connectivity index (χ1) is 10.1. The van der Waals surface area contributed by atoms with E-state index in [4.69, 9.17) is 0 Å². The lowest BCUT2D eigenvalue weighted by molar-refractivity contribution is 0.530. The lowest BCUT2D eigenvalue weighted by Crippen LogP contribution is -2.18. The molecule has 3 rings (SSSR count). The number of anilines is 1.